The lowest BCUT2D eigenvalue weighted by Gasteiger charge is -2.19. The summed E-state index contributed by atoms with van der Waals surface area (Å²) in [5, 5.41) is 28.3. The van der Waals surface area contributed by atoms with Crippen LogP contribution in [0.2, 0.25) is 0 Å². The fraction of sp³-hybridized carbons (Fsp3) is 0.727. The van der Waals surface area contributed by atoms with Gasteiger partial charge in [0.15, 0.2) is 0 Å². The van der Waals surface area contributed by atoms with Gasteiger partial charge in [0.1, 0.15) is 6.04 Å². The molecular weight excluding hydrogens is 242 g/mol. The van der Waals surface area contributed by atoms with Crippen LogP contribution in [0, 0.1) is 11.8 Å². The molecule has 0 saturated heterocycles. The number of carboxylic acid groups (broad SMARTS) is 2. The predicted octanol–water partition coefficient (Wildman–Crippen LogP) is -0.315. The maximum absolute atomic E-state index is 11.7. The summed E-state index contributed by atoms with van der Waals surface area (Å²) in [6.07, 6.45) is -0.0162. The van der Waals surface area contributed by atoms with Crippen molar-refractivity contribution >= 4 is 17.8 Å². The molecule has 0 spiro atoms. The van der Waals surface area contributed by atoms with Gasteiger partial charge in [-0.3, -0.25) is 9.59 Å². The lowest BCUT2D eigenvalue weighted by atomic mass is 9.93. The molecule has 0 aliphatic rings. The van der Waals surface area contributed by atoms with Crippen LogP contribution in [0.1, 0.15) is 26.7 Å². The predicted molar refractivity (Wildman–Crippen MR) is 61.9 cm³/mol. The first-order valence-electron chi connectivity index (χ1n) is 5.63. The maximum atomic E-state index is 11.7. The van der Waals surface area contributed by atoms with E-state index in [4.69, 9.17) is 15.3 Å². The fourth-order valence-corrected chi connectivity index (χ4v) is 1.54. The van der Waals surface area contributed by atoms with E-state index >= 15 is 0 Å². The van der Waals surface area contributed by atoms with Crippen LogP contribution in [-0.2, 0) is 14.4 Å². The first-order chi connectivity index (χ1) is 8.27. The van der Waals surface area contributed by atoms with E-state index in [0.29, 0.717) is 6.42 Å². The van der Waals surface area contributed by atoms with E-state index in [1.165, 1.54) is 0 Å². The smallest absolute Gasteiger partial charge is 0.328 e. The Morgan fingerprint density at radius 2 is 1.72 bits per heavy atom. The Balaban J connectivity index is 4.63. The molecule has 0 unspecified atom stereocenters. The van der Waals surface area contributed by atoms with Gasteiger partial charge < -0.3 is 20.6 Å². The van der Waals surface area contributed by atoms with E-state index in [-0.39, 0.29) is 12.3 Å². The first kappa shape index (κ1) is 16.4. The molecule has 7 nitrogen and oxygen atoms in total. The summed E-state index contributed by atoms with van der Waals surface area (Å²) in [7, 11) is 0. The number of carboxylic acids is 2. The Labute approximate surface area is 105 Å². The van der Waals surface area contributed by atoms with Crippen molar-refractivity contribution in [2.75, 3.05) is 6.61 Å². The van der Waals surface area contributed by atoms with Gasteiger partial charge in [-0.15, -0.1) is 0 Å². The van der Waals surface area contributed by atoms with Crippen molar-refractivity contribution in [3.63, 3.8) is 0 Å². The number of hydrogen-bond acceptors (Lipinski definition) is 4. The van der Waals surface area contributed by atoms with Gasteiger partial charge in [0.2, 0.25) is 5.91 Å². The highest BCUT2D eigenvalue weighted by molar-refractivity contribution is 5.87. The van der Waals surface area contributed by atoms with Crippen LogP contribution in [0.4, 0.5) is 0 Å². The zero-order chi connectivity index (χ0) is 14.3. The van der Waals surface area contributed by atoms with Crippen LogP contribution in [0.15, 0.2) is 0 Å². The molecule has 104 valence electrons. The second-order valence-electron chi connectivity index (χ2n) is 4.51. The van der Waals surface area contributed by atoms with Gasteiger partial charge in [-0.05, 0) is 12.3 Å². The van der Waals surface area contributed by atoms with E-state index < -0.39 is 36.4 Å². The van der Waals surface area contributed by atoms with Crippen molar-refractivity contribution in [2.24, 2.45) is 11.8 Å². The van der Waals surface area contributed by atoms with Crippen molar-refractivity contribution < 1.29 is 29.7 Å². The topological polar surface area (TPSA) is 124 Å². The lowest BCUT2D eigenvalue weighted by molar-refractivity contribution is -0.145. The van der Waals surface area contributed by atoms with Gasteiger partial charge in [0.05, 0.1) is 13.0 Å². The zero-order valence-electron chi connectivity index (χ0n) is 10.4. The molecule has 0 bridgehead atoms. The summed E-state index contributed by atoms with van der Waals surface area (Å²) in [4.78, 5) is 33.0. The molecule has 0 saturated carbocycles. The van der Waals surface area contributed by atoms with Gasteiger partial charge in [-0.25, -0.2) is 4.79 Å². The fourth-order valence-electron chi connectivity index (χ4n) is 1.54. The summed E-state index contributed by atoms with van der Waals surface area (Å²) in [5.41, 5.74) is 0. The third kappa shape index (κ3) is 6.19. The molecule has 0 aromatic carbocycles. The number of rotatable bonds is 8. The number of hydrogen-bond donors (Lipinski definition) is 4. The van der Waals surface area contributed by atoms with Crippen molar-refractivity contribution in [3.8, 4) is 0 Å². The lowest BCUT2D eigenvalue weighted by Crippen LogP contribution is -2.46. The third-order valence-corrected chi connectivity index (χ3v) is 2.34. The summed E-state index contributed by atoms with van der Waals surface area (Å²) in [5.74, 6) is -3.82. The number of carbonyl (C=O) groups excluding carboxylic acids is 1. The van der Waals surface area contributed by atoms with Gasteiger partial charge in [0.25, 0.3) is 0 Å². The Morgan fingerprint density at radius 1 is 1.17 bits per heavy atom. The molecular formula is C11H19NO6. The second-order valence-corrected chi connectivity index (χ2v) is 4.51. The summed E-state index contributed by atoms with van der Waals surface area (Å²) < 4.78 is 0. The molecule has 0 aliphatic heterocycles. The van der Waals surface area contributed by atoms with Gasteiger partial charge in [0, 0.05) is 5.92 Å². The van der Waals surface area contributed by atoms with E-state index in [9.17, 15) is 14.4 Å². The average Bonchev–Trinajstić information content (AvgIpc) is 2.22. The number of aliphatic hydroxyl groups excluding tert-OH is 1. The minimum absolute atomic E-state index is 0.109. The SMILES string of the molecule is CC(C)C[C@@H](CC(=O)O)C(=O)N[C@@H](CO)C(=O)O. The molecule has 4 N–H and O–H groups in total. The van der Waals surface area contributed by atoms with E-state index in [2.05, 4.69) is 5.32 Å². The van der Waals surface area contributed by atoms with Crippen molar-refractivity contribution in [1.82, 2.24) is 5.32 Å². The highest BCUT2D eigenvalue weighted by Gasteiger charge is 2.27. The van der Waals surface area contributed by atoms with Crippen LogP contribution in [-0.4, -0.2) is 45.8 Å². The van der Waals surface area contributed by atoms with Gasteiger partial charge in [-0.2, -0.15) is 0 Å². The van der Waals surface area contributed by atoms with E-state index in [0.717, 1.165) is 0 Å². The van der Waals surface area contributed by atoms with Gasteiger partial charge in [-0.1, -0.05) is 13.8 Å². The van der Waals surface area contributed by atoms with E-state index in [1.807, 2.05) is 13.8 Å². The first-order valence-corrected chi connectivity index (χ1v) is 5.63. The number of aliphatic carboxylic acids is 2. The largest absolute Gasteiger partial charge is 0.481 e. The van der Waals surface area contributed by atoms with Gasteiger partial charge >= 0.3 is 11.9 Å². The van der Waals surface area contributed by atoms with E-state index in [1.54, 1.807) is 0 Å². The molecule has 18 heavy (non-hydrogen) atoms. The van der Waals surface area contributed by atoms with Crippen LogP contribution in [0.5, 0.6) is 0 Å². The normalized spacial score (nSPS) is 14.0. The van der Waals surface area contributed by atoms with Crippen LogP contribution in [0.3, 0.4) is 0 Å². The molecule has 0 aliphatic carbocycles. The zero-order valence-corrected chi connectivity index (χ0v) is 10.4. The summed E-state index contributed by atoms with van der Waals surface area (Å²) in [6, 6.07) is -1.40. The maximum Gasteiger partial charge on any atom is 0.328 e. The molecule has 0 aromatic heterocycles. The minimum Gasteiger partial charge on any atom is -0.481 e. The highest BCUT2D eigenvalue weighted by atomic mass is 16.4. The molecule has 0 rings (SSSR count). The standard InChI is InChI=1S/C11H19NO6/c1-6(2)3-7(4-9(14)15)10(16)12-8(5-13)11(17)18/h6-8,13H,3-5H2,1-2H3,(H,12,16)(H,14,15)(H,17,18)/t7-,8-/m0/s1. The Bertz CT molecular complexity index is 315. The Kier molecular flexibility index (Phi) is 6.96. The Hall–Kier alpha value is -1.63. The highest BCUT2D eigenvalue weighted by Crippen LogP contribution is 2.16. The molecule has 0 heterocycles. The molecule has 1 amide bonds. The van der Waals surface area contributed by atoms with Crippen LogP contribution in [0.25, 0.3) is 0 Å². The quantitative estimate of drug-likeness (QED) is 0.475. The molecule has 0 aromatic rings. The van der Waals surface area contributed by atoms with Crippen molar-refractivity contribution in [2.45, 2.75) is 32.7 Å². The van der Waals surface area contributed by atoms with Crippen LogP contribution >= 0.6 is 0 Å². The molecule has 2 atom stereocenters. The number of carbonyl (C=O) groups is 3. The summed E-state index contributed by atoms with van der Waals surface area (Å²) in [6.45, 7) is 2.94. The Morgan fingerprint density at radius 3 is 2.06 bits per heavy atom. The third-order valence-electron chi connectivity index (χ3n) is 2.34. The van der Waals surface area contributed by atoms with Crippen LogP contribution < -0.4 is 5.32 Å². The second kappa shape index (κ2) is 7.65. The number of amides is 1. The molecule has 0 fully saturated rings. The average molecular weight is 261 g/mol. The number of nitrogens with one attached hydrogen (secondary N) is 1. The van der Waals surface area contributed by atoms with Crippen molar-refractivity contribution in [1.29, 1.82) is 0 Å². The summed E-state index contributed by atoms with van der Waals surface area (Å²) >= 11 is 0. The van der Waals surface area contributed by atoms with Crippen molar-refractivity contribution in [3.05, 3.63) is 0 Å². The molecule has 7 heteroatoms. The minimum atomic E-state index is -1.40. The number of aliphatic hydroxyl groups is 1. The molecule has 0 radical (unpaired) electrons. The monoisotopic (exact) mass is 261 g/mol.